The number of hydrogen-bond acceptors (Lipinski definition) is 2. The van der Waals surface area contributed by atoms with Crippen molar-refractivity contribution in [3.8, 4) is 0 Å². The van der Waals surface area contributed by atoms with E-state index in [1.807, 2.05) is 92.8 Å². The summed E-state index contributed by atoms with van der Waals surface area (Å²) in [5.41, 5.74) is 4.78. The van der Waals surface area contributed by atoms with Crippen LogP contribution in [0.1, 0.15) is 34.7 Å². The standard InChI is InChI=1S/C30H32N2O3/c1-20-10-4-6-12-22(20)16-24(17-23-13-7-5-11-21(23)2)28(33)32-30(3,29(34)35)18-25-19-31-27-15-9-8-14-26(25)27/h4-15,19,24,31H,16-18H2,1-3H3,(H,32,33)(H,34,35). The Kier molecular flexibility index (Phi) is 7.06. The molecule has 0 saturated heterocycles. The highest BCUT2D eigenvalue weighted by Crippen LogP contribution is 2.25. The largest absolute Gasteiger partial charge is 0.480 e. The summed E-state index contributed by atoms with van der Waals surface area (Å²) in [6.45, 7) is 5.67. The van der Waals surface area contributed by atoms with E-state index in [0.29, 0.717) is 12.8 Å². The van der Waals surface area contributed by atoms with Gasteiger partial charge < -0.3 is 15.4 Å². The van der Waals surface area contributed by atoms with Gasteiger partial charge in [-0.25, -0.2) is 4.79 Å². The number of carboxylic acid groups (broad SMARTS) is 1. The van der Waals surface area contributed by atoms with Gasteiger partial charge in [0.05, 0.1) is 0 Å². The first-order valence-corrected chi connectivity index (χ1v) is 12.0. The van der Waals surface area contributed by atoms with Crippen molar-refractivity contribution < 1.29 is 14.7 Å². The zero-order chi connectivity index (χ0) is 25.0. The molecule has 0 fully saturated rings. The molecule has 1 unspecified atom stereocenters. The number of nitrogens with one attached hydrogen (secondary N) is 2. The second kappa shape index (κ2) is 10.2. The van der Waals surface area contributed by atoms with Gasteiger partial charge in [0.1, 0.15) is 5.54 Å². The molecule has 1 aromatic heterocycles. The summed E-state index contributed by atoms with van der Waals surface area (Å²) in [7, 11) is 0. The first-order chi connectivity index (χ1) is 16.8. The van der Waals surface area contributed by atoms with Gasteiger partial charge in [0.25, 0.3) is 0 Å². The molecule has 0 aliphatic rings. The maximum atomic E-state index is 13.7. The van der Waals surface area contributed by atoms with E-state index in [9.17, 15) is 14.7 Å². The van der Waals surface area contributed by atoms with E-state index in [0.717, 1.165) is 38.7 Å². The Labute approximate surface area is 206 Å². The minimum absolute atomic E-state index is 0.180. The Morgan fingerprint density at radius 1 is 0.857 bits per heavy atom. The molecule has 0 bridgehead atoms. The molecule has 3 aromatic carbocycles. The number of aromatic nitrogens is 1. The molecule has 0 aliphatic heterocycles. The van der Waals surface area contributed by atoms with Crippen molar-refractivity contribution in [3.05, 3.63) is 107 Å². The quantitative estimate of drug-likeness (QED) is 0.308. The number of carbonyl (C=O) groups is 2. The Bertz CT molecular complexity index is 1310. The van der Waals surface area contributed by atoms with Gasteiger partial charge in [0.15, 0.2) is 0 Å². The number of rotatable bonds is 9. The average Bonchev–Trinajstić information content (AvgIpc) is 3.23. The van der Waals surface area contributed by atoms with Crippen LogP contribution in [0.15, 0.2) is 79.0 Å². The highest BCUT2D eigenvalue weighted by atomic mass is 16.4. The van der Waals surface area contributed by atoms with Gasteiger partial charge in [-0.3, -0.25) is 4.79 Å². The van der Waals surface area contributed by atoms with Gasteiger partial charge in [-0.2, -0.15) is 0 Å². The molecular formula is C30H32N2O3. The van der Waals surface area contributed by atoms with Crippen molar-refractivity contribution in [1.82, 2.24) is 10.3 Å². The minimum Gasteiger partial charge on any atom is -0.480 e. The molecule has 35 heavy (non-hydrogen) atoms. The molecule has 1 heterocycles. The van der Waals surface area contributed by atoms with Crippen LogP contribution in [-0.2, 0) is 28.9 Å². The molecule has 1 amide bonds. The number of para-hydroxylation sites is 1. The second-order valence-electron chi connectivity index (χ2n) is 9.62. The normalized spacial score (nSPS) is 13.0. The predicted molar refractivity (Wildman–Crippen MR) is 139 cm³/mol. The number of aromatic amines is 1. The average molecular weight is 469 g/mol. The van der Waals surface area contributed by atoms with Gasteiger partial charge in [-0.1, -0.05) is 66.7 Å². The molecule has 180 valence electrons. The molecule has 4 rings (SSSR count). The van der Waals surface area contributed by atoms with Crippen LogP contribution in [0.2, 0.25) is 0 Å². The minimum atomic E-state index is -1.45. The van der Waals surface area contributed by atoms with Gasteiger partial charge in [-0.15, -0.1) is 0 Å². The van der Waals surface area contributed by atoms with Crippen LogP contribution in [0.25, 0.3) is 10.9 Å². The molecule has 3 N–H and O–H groups in total. The van der Waals surface area contributed by atoms with Crippen molar-refractivity contribution >= 4 is 22.8 Å². The van der Waals surface area contributed by atoms with Gasteiger partial charge in [0.2, 0.25) is 5.91 Å². The summed E-state index contributed by atoms with van der Waals surface area (Å²) in [6, 6.07) is 23.8. The Hall–Kier alpha value is -3.86. The Morgan fingerprint density at radius 2 is 1.40 bits per heavy atom. The number of carboxylic acids is 1. The molecule has 5 heteroatoms. The fraction of sp³-hybridized carbons (Fsp3) is 0.267. The van der Waals surface area contributed by atoms with Crippen LogP contribution in [0.4, 0.5) is 0 Å². The predicted octanol–water partition coefficient (Wildman–Crippen LogP) is 5.39. The van der Waals surface area contributed by atoms with Crippen molar-refractivity contribution in [1.29, 1.82) is 0 Å². The molecule has 1 atom stereocenters. The van der Waals surface area contributed by atoms with E-state index in [4.69, 9.17) is 0 Å². The number of H-pyrrole nitrogens is 1. The number of carbonyl (C=O) groups excluding carboxylic acids is 1. The number of aliphatic carboxylic acids is 1. The maximum Gasteiger partial charge on any atom is 0.329 e. The van der Waals surface area contributed by atoms with Crippen LogP contribution < -0.4 is 5.32 Å². The lowest BCUT2D eigenvalue weighted by molar-refractivity contribution is -0.147. The number of fused-ring (bicyclic) bond motifs is 1. The summed E-state index contributed by atoms with van der Waals surface area (Å²) in [5, 5.41) is 14.1. The van der Waals surface area contributed by atoms with E-state index in [1.54, 1.807) is 6.92 Å². The lowest BCUT2D eigenvalue weighted by Crippen LogP contribution is -2.55. The van der Waals surface area contributed by atoms with Gasteiger partial charge >= 0.3 is 5.97 Å². The summed E-state index contributed by atoms with van der Waals surface area (Å²) in [6.07, 6.45) is 3.08. The van der Waals surface area contributed by atoms with Crippen LogP contribution in [0, 0.1) is 19.8 Å². The molecule has 0 saturated carbocycles. The first kappa shape index (κ1) is 24.3. The Balaban J connectivity index is 1.62. The fourth-order valence-electron chi connectivity index (χ4n) is 4.67. The molecule has 5 nitrogen and oxygen atoms in total. The third-order valence-electron chi connectivity index (χ3n) is 6.92. The highest BCUT2D eigenvalue weighted by Gasteiger charge is 2.37. The maximum absolute atomic E-state index is 13.7. The lowest BCUT2D eigenvalue weighted by Gasteiger charge is -2.29. The monoisotopic (exact) mass is 468 g/mol. The lowest BCUT2D eigenvalue weighted by atomic mass is 9.86. The molecule has 0 spiro atoms. The van der Waals surface area contributed by atoms with Crippen molar-refractivity contribution in [2.45, 2.75) is 45.6 Å². The molecular weight excluding hydrogens is 436 g/mol. The highest BCUT2D eigenvalue weighted by molar-refractivity contribution is 5.90. The topological polar surface area (TPSA) is 82.2 Å². The Morgan fingerprint density at radius 3 is 1.97 bits per heavy atom. The van der Waals surface area contributed by atoms with E-state index in [2.05, 4.69) is 10.3 Å². The van der Waals surface area contributed by atoms with Crippen LogP contribution in [-0.4, -0.2) is 27.5 Å². The summed E-state index contributed by atoms with van der Waals surface area (Å²) >= 11 is 0. The van der Waals surface area contributed by atoms with Gasteiger partial charge in [0, 0.05) is 29.4 Å². The van der Waals surface area contributed by atoms with Crippen molar-refractivity contribution in [3.63, 3.8) is 0 Å². The zero-order valence-corrected chi connectivity index (χ0v) is 20.5. The SMILES string of the molecule is Cc1ccccc1CC(Cc1ccccc1C)C(=O)NC(C)(Cc1c[nH]c2ccccc12)C(=O)O. The molecule has 4 aromatic rings. The van der Waals surface area contributed by atoms with Crippen LogP contribution in [0.5, 0.6) is 0 Å². The van der Waals surface area contributed by atoms with Crippen molar-refractivity contribution in [2.24, 2.45) is 5.92 Å². The van der Waals surface area contributed by atoms with E-state index in [-0.39, 0.29) is 12.3 Å². The van der Waals surface area contributed by atoms with Crippen LogP contribution in [0.3, 0.4) is 0 Å². The summed E-state index contributed by atoms with van der Waals surface area (Å²) in [4.78, 5) is 29.3. The third kappa shape index (κ3) is 5.46. The number of aryl methyl sites for hydroxylation is 2. The van der Waals surface area contributed by atoms with Crippen LogP contribution >= 0.6 is 0 Å². The van der Waals surface area contributed by atoms with E-state index in [1.165, 1.54) is 0 Å². The fourth-order valence-corrected chi connectivity index (χ4v) is 4.67. The van der Waals surface area contributed by atoms with Crippen molar-refractivity contribution in [2.75, 3.05) is 0 Å². The second-order valence-corrected chi connectivity index (χ2v) is 9.62. The summed E-state index contributed by atoms with van der Waals surface area (Å²) < 4.78 is 0. The number of benzene rings is 3. The van der Waals surface area contributed by atoms with E-state index < -0.39 is 17.4 Å². The first-order valence-electron chi connectivity index (χ1n) is 12.0. The zero-order valence-electron chi connectivity index (χ0n) is 20.5. The molecule has 0 aliphatic carbocycles. The smallest absolute Gasteiger partial charge is 0.329 e. The molecule has 0 radical (unpaired) electrons. The number of hydrogen-bond donors (Lipinski definition) is 3. The van der Waals surface area contributed by atoms with Gasteiger partial charge in [-0.05, 0) is 67.5 Å². The number of amides is 1. The summed E-state index contributed by atoms with van der Waals surface area (Å²) in [5.74, 6) is -1.71. The third-order valence-corrected chi connectivity index (χ3v) is 6.92. The van der Waals surface area contributed by atoms with E-state index >= 15 is 0 Å².